The number of amides is 2. The Balaban J connectivity index is 2.95. The summed E-state index contributed by atoms with van der Waals surface area (Å²) in [5.41, 5.74) is 5.15. The number of rotatable bonds is 11. The van der Waals surface area contributed by atoms with E-state index >= 15 is 0 Å². The van der Waals surface area contributed by atoms with Crippen molar-refractivity contribution in [3.63, 3.8) is 0 Å². The lowest BCUT2D eigenvalue weighted by molar-refractivity contribution is -0.629. The predicted octanol–water partition coefficient (Wildman–Crippen LogP) is 0.948. The van der Waals surface area contributed by atoms with Crippen LogP contribution in [0.2, 0.25) is 0 Å². The molecule has 188 valence electrons. The molecule has 0 saturated carbocycles. The Bertz CT molecular complexity index is 858. The Labute approximate surface area is 197 Å². The number of alkyl carbamates (subject to hydrolysis) is 1. The standard InChI is InChI=1S/C21H32N6O7/c1-21(2,3)34-20(30)25-16(13-14-9-6-5-7-10-14)17(28)24-15(18(29)33-4)11-8-12-26(19(22)23)27(31)32/h5-7,9-10,15-16H,8,11-13H2,1-4H3,(H3,22,23)(H,24,28)(H,25,30)/t15?,16-/m0/s1. The summed E-state index contributed by atoms with van der Waals surface area (Å²) in [7, 11) is 1.14. The van der Waals surface area contributed by atoms with Gasteiger partial charge >= 0.3 is 12.1 Å². The van der Waals surface area contributed by atoms with Gasteiger partial charge in [-0.2, -0.15) is 0 Å². The van der Waals surface area contributed by atoms with Crippen molar-refractivity contribution >= 4 is 23.9 Å². The summed E-state index contributed by atoms with van der Waals surface area (Å²) in [5, 5.41) is 22.8. The van der Waals surface area contributed by atoms with Crippen molar-refractivity contribution in [3.8, 4) is 0 Å². The average Bonchev–Trinajstić information content (AvgIpc) is 2.73. The number of nitrogens with zero attached hydrogens (tertiary/aromatic N) is 2. The molecular weight excluding hydrogens is 448 g/mol. The van der Waals surface area contributed by atoms with Gasteiger partial charge in [0.15, 0.2) is 5.03 Å². The molecule has 34 heavy (non-hydrogen) atoms. The van der Waals surface area contributed by atoms with E-state index in [2.05, 4.69) is 10.6 Å². The second-order valence-electron chi connectivity index (χ2n) is 8.36. The summed E-state index contributed by atoms with van der Waals surface area (Å²) >= 11 is 0. The highest BCUT2D eigenvalue weighted by atomic mass is 16.7. The van der Waals surface area contributed by atoms with Gasteiger partial charge < -0.3 is 25.8 Å². The van der Waals surface area contributed by atoms with Crippen LogP contribution in [0.25, 0.3) is 0 Å². The number of nitrogens with two attached hydrogens (primary N) is 1. The normalized spacial score (nSPS) is 12.6. The number of carbonyl (C=O) groups excluding carboxylic acids is 3. The van der Waals surface area contributed by atoms with E-state index in [1.807, 2.05) is 6.07 Å². The second-order valence-corrected chi connectivity index (χ2v) is 8.36. The molecule has 2 amide bonds. The number of hydrazine groups is 1. The van der Waals surface area contributed by atoms with Gasteiger partial charge in [0.25, 0.3) is 5.96 Å². The largest absolute Gasteiger partial charge is 0.467 e. The van der Waals surface area contributed by atoms with Gasteiger partial charge in [-0.25, -0.2) is 19.7 Å². The molecule has 0 spiro atoms. The summed E-state index contributed by atoms with van der Waals surface area (Å²) in [6.07, 6.45) is -0.662. The van der Waals surface area contributed by atoms with Crippen molar-refractivity contribution in [1.29, 1.82) is 5.41 Å². The van der Waals surface area contributed by atoms with Crippen LogP contribution in [0, 0.1) is 15.5 Å². The van der Waals surface area contributed by atoms with Crippen molar-refractivity contribution < 1.29 is 28.9 Å². The molecule has 1 unspecified atom stereocenters. The number of esters is 1. The molecule has 1 rings (SSSR count). The number of nitro groups is 1. The fraction of sp³-hybridized carbons (Fsp3) is 0.524. The Morgan fingerprint density at radius 3 is 2.29 bits per heavy atom. The van der Waals surface area contributed by atoms with Gasteiger partial charge in [-0.05, 0) is 39.2 Å². The zero-order valence-corrected chi connectivity index (χ0v) is 19.7. The zero-order valence-electron chi connectivity index (χ0n) is 19.7. The van der Waals surface area contributed by atoms with E-state index in [9.17, 15) is 24.5 Å². The van der Waals surface area contributed by atoms with Gasteiger partial charge in [0.1, 0.15) is 17.7 Å². The molecule has 0 aliphatic heterocycles. The van der Waals surface area contributed by atoms with Gasteiger partial charge in [-0.1, -0.05) is 35.3 Å². The lowest BCUT2D eigenvalue weighted by Gasteiger charge is -2.25. The van der Waals surface area contributed by atoms with E-state index in [0.29, 0.717) is 5.01 Å². The van der Waals surface area contributed by atoms with E-state index in [1.54, 1.807) is 45.0 Å². The monoisotopic (exact) mass is 480 g/mol. The van der Waals surface area contributed by atoms with Crippen molar-refractivity contribution in [1.82, 2.24) is 15.6 Å². The molecule has 5 N–H and O–H groups in total. The number of carbonyl (C=O) groups is 3. The third-order valence-electron chi connectivity index (χ3n) is 4.43. The summed E-state index contributed by atoms with van der Waals surface area (Å²) < 4.78 is 9.97. The Morgan fingerprint density at radius 2 is 1.79 bits per heavy atom. The van der Waals surface area contributed by atoms with Crippen LogP contribution >= 0.6 is 0 Å². The van der Waals surface area contributed by atoms with Crippen LogP contribution in [-0.2, 0) is 25.5 Å². The van der Waals surface area contributed by atoms with Crippen LogP contribution in [0.1, 0.15) is 39.2 Å². The molecule has 2 atom stereocenters. The fourth-order valence-corrected chi connectivity index (χ4v) is 2.91. The third kappa shape index (κ3) is 10.1. The summed E-state index contributed by atoms with van der Waals surface area (Å²) in [5.74, 6) is -2.18. The number of hydrogen-bond acceptors (Lipinski definition) is 8. The predicted molar refractivity (Wildman–Crippen MR) is 122 cm³/mol. The lowest BCUT2D eigenvalue weighted by atomic mass is 10.0. The molecule has 0 fully saturated rings. The van der Waals surface area contributed by atoms with Crippen LogP contribution < -0.4 is 16.4 Å². The molecule has 0 aliphatic rings. The van der Waals surface area contributed by atoms with Crippen molar-refractivity contribution in [2.75, 3.05) is 13.7 Å². The molecule has 0 radical (unpaired) electrons. The van der Waals surface area contributed by atoms with Crippen molar-refractivity contribution in [3.05, 3.63) is 46.0 Å². The Kier molecular flexibility index (Phi) is 10.7. The average molecular weight is 481 g/mol. The van der Waals surface area contributed by atoms with E-state index in [4.69, 9.17) is 20.6 Å². The quantitative estimate of drug-likeness (QED) is 0.117. The van der Waals surface area contributed by atoms with Crippen LogP contribution in [0.15, 0.2) is 30.3 Å². The Morgan fingerprint density at radius 1 is 1.18 bits per heavy atom. The molecule has 0 aromatic heterocycles. The highest BCUT2D eigenvalue weighted by Gasteiger charge is 2.29. The second kappa shape index (κ2) is 13.0. The number of nitrogens with one attached hydrogen (secondary N) is 3. The van der Waals surface area contributed by atoms with E-state index in [1.165, 1.54) is 0 Å². The maximum Gasteiger partial charge on any atom is 0.408 e. The highest BCUT2D eigenvalue weighted by molar-refractivity contribution is 5.89. The van der Waals surface area contributed by atoms with Gasteiger partial charge in [0, 0.05) is 6.42 Å². The summed E-state index contributed by atoms with van der Waals surface area (Å²) in [6.45, 7) is 4.79. The van der Waals surface area contributed by atoms with Crippen molar-refractivity contribution in [2.24, 2.45) is 5.73 Å². The summed E-state index contributed by atoms with van der Waals surface area (Å²) in [6, 6.07) is 6.72. The molecule has 1 aromatic carbocycles. The lowest BCUT2D eigenvalue weighted by Crippen LogP contribution is -2.53. The molecule has 0 bridgehead atoms. The molecule has 0 heterocycles. The molecular formula is C21H32N6O7. The molecule has 13 heteroatoms. The van der Waals surface area contributed by atoms with Gasteiger partial charge in [0.2, 0.25) is 5.91 Å². The zero-order chi connectivity index (χ0) is 25.9. The smallest absolute Gasteiger partial charge is 0.408 e. The molecule has 0 saturated heterocycles. The first-order valence-corrected chi connectivity index (χ1v) is 10.5. The maximum atomic E-state index is 13.0. The van der Waals surface area contributed by atoms with Crippen LogP contribution in [0.5, 0.6) is 0 Å². The third-order valence-corrected chi connectivity index (χ3v) is 4.43. The minimum atomic E-state index is -1.14. The summed E-state index contributed by atoms with van der Waals surface area (Å²) in [4.78, 5) is 48.5. The van der Waals surface area contributed by atoms with Gasteiger partial charge in [-0.3, -0.25) is 10.2 Å². The number of guanidine groups is 1. The van der Waals surface area contributed by atoms with Gasteiger partial charge in [-0.15, -0.1) is 0 Å². The maximum absolute atomic E-state index is 13.0. The number of hydrogen-bond donors (Lipinski definition) is 4. The number of ether oxygens (including phenoxy) is 2. The van der Waals surface area contributed by atoms with E-state index < -0.39 is 46.6 Å². The molecule has 13 nitrogen and oxygen atoms in total. The first-order chi connectivity index (χ1) is 15.8. The minimum absolute atomic E-state index is 0.0273. The van der Waals surface area contributed by atoms with Crippen LogP contribution in [0.4, 0.5) is 4.79 Å². The topological polar surface area (TPSA) is 190 Å². The highest BCUT2D eigenvalue weighted by Crippen LogP contribution is 2.10. The van der Waals surface area contributed by atoms with Gasteiger partial charge in [0.05, 0.1) is 13.7 Å². The SMILES string of the molecule is COC(=O)C(CCCN(C(=N)N)[N+](=O)[O-])NC(=O)[C@H](Cc1ccccc1)NC(=O)OC(C)(C)C. The molecule has 1 aromatic rings. The van der Waals surface area contributed by atoms with Crippen LogP contribution in [-0.4, -0.2) is 65.3 Å². The van der Waals surface area contributed by atoms with E-state index in [0.717, 1.165) is 12.7 Å². The number of methoxy groups -OCH3 is 1. The van der Waals surface area contributed by atoms with Crippen molar-refractivity contribution in [2.45, 2.75) is 57.7 Å². The van der Waals surface area contributed by atoms with E-state index in [-0.39, 0.29) is 25.8 Å². The minimum Gasteiger partial charge on any atom is -0.467 e. The molecule has 0 aliphatic carbocycles. The first kappa shape index (κ1) is 28.1. The fourth-order valence-electron chi connectivity index (χ4n) is 2.91. The Hall–Kier alpha value is -3.90. The first-order valence-electron chi connectivity index (χ1n) is 10.5. The number of benzene rings is 1. The van der Waals surface area contributed by atoms with Crippen LogP contribution in [0.3, 0.4) is 0 Å².